The summed E-state index contributed by atoms with van der Waals surface area (Å²) >= 11 is 0. The van der Waals surface area contributed by atoms with Gasteiger partial charge >= 0.3 is 0 Å². The largest absolute Gasteiger partial charge is 0.358 e. The van der Waals surface area contributed by atoms with Crippen LogP contribution < -0.4 is 0 Å². The second kappa shape index (κ2) is 22.5. The maximum atomic E-state index is 2.17. The summed E-state index contributed by atoms with van der Waals surface area (Å²) in [7, 11) is 0. The Hall–Kier alpha value is 2.21. The average Bonchev–Trinajstić information content (AvgIpc) is 1.65. The molecule has 0 aromatic heterocycles. The molecule has 2 heteroatoms. The third kappa shape index (κ3) is 22.5. The average molecular weight is 292 g/mol. The second-order valence-corrected chi connectivity index (χ2v) is 1.53. The van der Waals surface area contributed by atoms with Crippen LogP contribution in [0.3, 0.4) is 0 Å². The normalized spacial score (nSPS) is 6.00. The summed E-state index contributed by atoms with van der Waals surface area (Å²) in [5.74, 6) is 0.685. The molecule has 10 heavy (non-hydrogen) atoms. The quantitative estimate of drug-likeness (QED) is 0.686. The molecule has 0 aliphatic carbocycles. The van der Waals surface area contributed by atoms with E-state index in [-0.39, 0.29) is 80.3 Å². The monoisotopic (exact) mass is 292 g/mol. The van der Waals surface area contributed by atoms with Gasteiger partial charge in [0.05, 0.1) is 0 Å². The molecule has 0 aliphatic heterocycles. The zero-order valence-corrected chi connectivity index (χ0v) is 13.6. The molecule has 0 unspecified atom stereocenters. The summed E-state index contributed by atoms with van der Waals surface area (Å²) in [5, 5.41) is 0. The summed E-state index contributed by atoms with van der Waals surface area (Å²) in [6, 6.07) is 0. The van der Waals surface area contributed by atoms with E-state index in [4.69, 9.17) is 0 Å². The third-order valence-corrected chi connectivity index (χ3v) is 1.05. The molecule has 2 radical (unpaired) electrons. The van der Waals surface area contributed by atoms with Crippen molar-refractivity contribution in [2.45, 2.75) is 20.8 Å². The molecule has 0 atom stereocenters. The summed E-state index contributed by atoms with van der Waals surface area (Å²) in [6.45, 7) is 6.31. The molecule has 60 valence electrons. The van der Waals surface area contributed by atoms with Crippen molar-refractivity contribution >= 4 is 0 Å². The predicted molar refractivity (Wildman–Crippen MR) is 41.9 cm³/mol. The number of hydrogen-bond donors (Lipinski definition) is 0. The predicted octanol–water partition coefficient (Wildman–Crippen LogP) is 2.97. The van der Waals surface area contributed by atoms with Gasteiger partial charge in [-0.3, -0.25) is 0 Å². The van der Waals surface area contributed by atoms with Crippen LogP contribution in [-0.2, 0) is 65.4 Å². The van der Waals surface area contributed by atoms with Crippen molar-refractivity contribution in [1.29, 1.82) is 0 Å². The first kappa shape index (κ1) is 29.5. The van der Waals surface area contributed by atoms with Crippen molar-refractivity contribution < 1.29 is 65.4 Å². The van der Waals surface area contributed by atoms with Gasteiger partial charge in [0.1, 0.15) is 0 Å². The smallest absolute Gasteiger partial charge is 0 e. The van der Waals surface area contributed by atoms with Crippen LogP contribution in [0.25, 0.3) is 0 Å². The Morgan fingerprint density at radius 1 is 0.900 bits per heavy atom. The second-order valence-electron chi connectivity index (χ2n) is 1.53. The van der Waals surface area contributed by atoms with E-state index in [1.165, 1.54) is 0 Å². The molecule has 0 bridgehead atoms. The Balaban J connectivity index is -0.0000000208. The molecule has 0 spiro atoms. The van der Waals surface area contributed by atoms with Crippen molar-refractivity contribution in [3.05, 3.63) is 27.7 Å². The molecule has 0 aliphatic rings. The summed E-state index contributed by atoms with van der Waals surface area (Å²) in [6.07, 6.45) is 4.33. The van der Waals surface area contributed by atoms with Crippen molar-refractivity contribution in [1.82, 2.24) is 0 Å². The maximum Gasteiger partial charge on any atom is 0 e. The third-order valence-electron chi connectivity index (χ3n) is 1.05. The number of rotatable bonds is 2. The first-order valence-electron chi connectivity index (χ1n) is 2.40. The van der Waals surface area contributed by atoms with Crippen LogP contribution in [0, 0.1) is 33.6 Å². The molecule has 0 amide bonds. The van der Waals surface area contributed by atoms with Crippen LogP contribution in [0.4, 0.5) is 0 Å². The zero-order valence-electron chi connectivity index (χ0n) is 7.89. The van der Waals surface area contributed by atoms with Crippen LogP contribution in [0.15, 0.2) is 0 Å². The molecule has 0 saturated carbocycles. The molecule has 0 heterocycles. The van der Waals surface area contributed by atoms with Crippen LogP contribution >= 0.6 is 0 Å². The molecule has 0 fully saturated rings. The molecule has 0 aromatic rings. The fourth-order valence-electron chi connectivity index (χ4n) is 0.192. The van der Waals surface area contributed by atoms with Gasteiger partial charge in [-0.1, -0.05) is 0 Å². The Kier molecular flexibility index (Phi) is 66.4. The minimum Gasteiger partial charge on any atom is -0.358 e. The van der Waals surface area contributed by atoms with Gasteiger partial charge in [-0.15, -0.1) is 6.92 Å². The topological polar surface area (TPSA) is 0 Å². The van der Waals surface area contributed by atoms with Crippen molar-refractivity contribution in [3.63, 3.8) is 0 Å². The van der Waals surface area contributed by atoms with Crippen molar-refractivity contribution in [2.75, 3.05) is 0 Å². The Bertz CT molecular complexity index is 26.4. The van der Waals surface area contributed by atoms with E-state index in [1.54, 1.807) is 0 Å². The van der Waals surface area contributed by atoms with E-state index < -0.39 is 0 Å². The zero-order chi connectivity index (χ0) is 4.99. The molecular weight excluding hydrogens is 274 g/mol. The van der Waals surface area contributed by atoms with Gasteiger partial charge in [0, 0.05) is 65.4 Å². The van der Waals surface area contributed by atoms with Crippen LogP contribution in [0.2, 0.25) is 0 Å². The number of hydrogen-bond acceptors (Lipinski definition) is 0. The van der Waals surface area contributed by atoms with E-state index in [9.17, 15) is 0 Å². The van der Waals surface area contributed by atoms with Gasteiger partial charge < -0.3 is 33.6 Å². The Morgan fingerprint density at radius 2 is 1.10 bits per heavy atom. The SMILES string of the molecule is C[CH-]C(C)[CH-]C.[CH3-].[CH3-].[Y].[Y]. The van der Waals surface area contributed by atoms with Gasteiger partial charge in [-0.05, 0) is 0 Å². The summed E-state index contributed by atoms with van der Waals surface area (Å²) in [4.78, 5) is 0. The fraction of sp³-hybridized carbons (Fsp3) is 0.500. The van der Waals surface area contributed by atoms with E-state index >= 15 is 0 Å². The van der Waals surface area contributed by atoms with Crippen molar-refractivity contribution in [2.24, 2.45) is 5.92 Å². The van der Waals surface area contributed by atoms with Gasteiger partial charge in [0.2, 0.25) is 0 Å². The van der Waals surface area contributed by atoms with Crippen LogP contribution in [0.1, 0.15) is 20.8 Å². The van der Waals surface area contributed by atoms with E-state index in [1.807, 2.05) is 0 Å². The van der Waals surface area contributed by atoms with Crippen LogP contribution in [0.5, 0.6) is 0 Å². The Morgan fingerprint density at radius 3 is 1.10 bits per heavy atom. The first-order valence-corrected chi connectivity index (χ1v) is 2.40. The van der Waals surface area contributed by atoms with E-state index in [2.05, 4.69) is 33.6 Å². The molecule has 0 nitrogen and oxygen atoms in total. The molecular formula is C8H18Y2-4. The van der Waals surface area contributed by atoms with Gasteiger partial charge in [0.15, 0.2) is 0 Å². The van der Waals surface area contributed by atoms with Crippen molar-refractivity contribution in [3.8, 4) is 0 Å². The van der Waals surface area contributed by atoms with E-state index in [0.29, 0.717) is 5.92 Å². The van der Waals surface area contributed by atoms with Gasteiger partial charge in [-0.2, -0.15) is 13.8 Å². The summed E-state index contributed by atoms with van der Waals surface area (Å²) in [5.41, 5.74) is 0. The fourth-order valence-corrected chi connectivity index (χ4v) is 0.192. The van der Waals surface area contributed by atoms with Gasteiger partial charge in [0.25, 0.3) is 0 Å². The Labute approximate surface area is 118 Å². The van der Waals surface area contributed by atoms with Gasteiger partial charge in [-0.25, -0.2) is 0 Å². The molecule has 0 aromatic carbocycles. The van der Waals surface area contributed by atoms with E-state index in [0.717, 1.165) is 0 Å². The molecule has 0 N–H and O–H groups in total. The van der Waals surface area contributed by atoms with Crippen LogP contribution in [-0.4, -0.2) is 0 Å². The minimum atomic E-state index is 0. The standard InChI is InChI=1S/C6H12.2CH3.2Y/c1-4-6(3)5-2;;;;/h4-6H,1-3H3;2*1H3;;/q-2;2*-1;;. The molecule has 0 saturated heterocycles. The minimum absolute atomic E-state index is 0. The maximum absolute atomic E-state index is 2.17. The molecule has 0 rings (SSSR count). The first-order chi connectivity index (χ1) is 2.81. The summed E-state index contributed by atoms with van der Waals surface area (Å²) < 4.78 is 0.